The van der Waals surface area contributed by atoms with Gasteiger partial charge in [-0.2, -0.15) is 0 Å². The van der Waals surface area contributed by atoms with Crippen LogP contribution >= 0.6 is 0 Å². The van der Waals surface area contributed by atoms with E-state index in [9.17, 15) is 14.9 Å². The number of nitrogens with zero attached hydrogens (tertiary/aromatic N) is 3. The molecule has 0 aliphatic rings. The lowest BCUT2D eigenvalue weighted by Crippen LogP contribution is -2.23. The van der Waals surface area contributed by atoms with Crippen molar-refractivity contribution in [3.8, 4) is 11.4 Å². The predicted octanol–water partition coefficient (Wildman–Crippen LogP) is 1.20. The number of carbonyl (C=O) groups excluding carboxylic acids is 1. The second-order valence-corrected chi connectivity index (χ2v) is 3.86. The van der Waals surface area contributed by atoms with Crippen LogP contribution in [0.25, 0.3) is 11.4 Å². The summed E-state index contributed by atoms with van der Waals surface area (Å²) in [5.41, 5.74) is 0.593. The summed E-state index contributed by atoms with van der Waals surface area (Å²) in [6.45, 7) is 0.120. The summed E-state index contributed by atoms with van der Waals surface area (Å²) in [6.07, 6.45) is 3.21. The van der Waals surface area contributed by atoms with Crippen LogP contribution in [0.2, 0.25) is 0 Å². The smallest absolute Gasteiger partial charge is 0.270 e. The zero-order valence-corrected chi connectivity index (χ0v) is 10.2. The molecule has 98 valence electrons. The highest BCUT2D eigenvalue weighted by Gasteiger charge is 2.12. The molecule has 1 aromatic heterocycles. The van der Waals surface area contributed by atoms with Gasteiger partial charge in [0.1, 0.15) is 12.4 Å². The molecule has 0 aliphatic heterocycles. The standard InChI is InChI=1S/C12H12N4O3/c1-13-11(17)8-15-6-5-14-12(15)9-3-2-4-10(7-9)16(18)19/h2-7H,8H2,1H3,(H,13,17). The zero-order chi connectivity index (χ0) is 13.8. The summed E-state index contributed by atoms with van der Waals surface area (Å²) in [5, 5.41) is 13.3. The Balaban J connectivity index is 2.37. The molecule has 0 bridgehead atoms. The van der Waals surface area contributed by atoms with Gasteiger partial charge >= 0.3 is 0 Å². The number of benzene rings is 1. The molecule has 0 saturated heterocycles. The lowest BCUT2D eigenvalue weighted by atomic mass is 10.2. The maximum Gasteiger partial charge on any atom is 0.270 e. The number of carbonyl (C=O) groups is 1. The van der Waals surface area contributed by atoms with Crippen molar-refractivity contribution in [2.45, 2.75) is 6.54 Å². The Morgan fingerprint density at radius 3 is 3.00 bits per heavy atom. The van der Waals surface area contributed by atoms with Crippen LogP contribution in [0.4, 0.5) is 5.69 Å². The minimum Gasteiger partial charge on any atom is -0.358 e. The van der Waals surface area contributed by atoms with Gasteiger partial charge in [-0.3, -0.25) is 14.9 Å². The lowest BCUT2D eigenvalue weighted by Gasteiger charge is -2.06. The predicted molar refractivity (Wildman–Crippen MR) is 68.4 cm³/mol. The number of aromatic nitrogens is 2. The highest BCUT2D eigenvalue weighted by Crippen LogP contribution is 2.22. The van der Waals surface area contributed by atoms with Crippen molar-refractivity contribution in [2.24, 2.45) is 0 Å². The van der Waals surface area contributed by atoms with Crippen molar-refractivity contribution in [2.75, 3.05) is 7.05 Å². The highest BCUT2D eigenvalue weighted by molar-refractivity contribution is 5.76. The van der Waals surface area contributed by atoms with Gasteiger partial charge in [0, 0.05) is 37.1 Å². The Morgan fingerprint density at radius 1 is 1.53 bits per heavy atom. The molecule has 1 amide bonds. The Bertz CT molecular complexity index is 621. The fourth-order valence-electron chi connectivity index (χ4n) is 1.69. The van der Waals surface area contributed by atoms with Gasteiger partial charge in [-0.1, -0.05) is 12.1 Å². The molecule has 0 spiro atoms. The molecule has 0 radical (unpaired) electrons. The molecule has 0 aliphatic carbocycles. The number of rotatable bonds is 4. The number of amides is 1. The van der Waals surface area contributed by atoms with E-state index in [1.165, 1.54) is 12.1 Å². The van der Waals surface area contributed by atoms with Gasteiger partial charge in [-0.05, 0) is 0 Å². The fraction of sp³-hybridized carbons (Fsp3) is 0.167. The fourth-order valence-corrected chi connectivity index (χ4v) is 1.69. The first-order chi connectivity index (χ1) is 9.11. The van der Waals surface area contributed by atoms with Crippen molar-refractivity contribution in [3.63, 3.8) is 0 Å². The van der Waals surface area contributed by atoms with E-state index in [2.05, 4.69) is 10.3 Å². The Morgan fingerprint density at radius 2 is 2.32 bits per heavy atom. The maximum absolute atomic E-state index is 11.4. The largest absolute Gasteiger partial charge is 0.358 e. The molecule has 1 heterocycles. The van der Waals surface area contributed by atoms with Crippen molar-refractivity contribution in [3.05, 3.63) is 46.8 Å². The molecular weight excluding hydrogens is 248 g/mol. The number of hydrogen-bond donors (Lipinski definition) is 1. The second-order valence-electron chi connectivity index (χ2n) is 3.86. The van der Waals surface area contributed by atoms with Crippen LogP contribution in [0.15, 0.2) is 36.7 Å². The van der Waals surface area contributed by atoms with Gasteiger partial charge in [0.25, 0.3) is 5.69 Å². The van der Waals surface area contributed by atoms with Gasteiger partial charge in [0.2, 0.25) is 5.91 Å². The summed E-state index contributed by atoms with van der Waals surface area (Å²) in [4.78, 5) is 25.8. The van der Waals surface area contributed by atoms with Gasteiger partial charge in [-0.25, -0.2) is 4.98 Å². The van der Waals surface area contributed by atoms with E-state index >= 15 is 0 Å². The second kappa shape index (κ2) is 5.30. The van der Waals surface area contributed by atoms with E-state index in [0.29, 0.717) is 11.4 Å². The van der Waals surface area contributed by atoms with Gasteiger partial charge in [0.15, 0.2) is 0 Å². The first-order valence-electron chi connectivity index (χ1n) is 5.58. The monoisotopic (exact) mass is 260 g/mol. The molecule has 7 nitrogen and oxygen atoms in total. The van der Waals surface area contributed by atoms with Crippen LogP contribution in [-0.2, 0) is 11.3 Å². The number of hydrogen-bond acceptors (Lipinski definition) is 4. The molecule has 0 unspecified atom stereocenters. The minimum atomic E-state index is -0.463. The maximum atomic E-state index is 11.4. The molecule has 2 rings (SSSR count). The van der Waals surface area contributed by atoms with Crippen molar-refractivity contribution >= 4 is 11.6 Å². The SMILES string of the molecule is CNC(=O)Cn1ccnc1-c1cccc([N+](=O)[O-])c1. The van der Waals surface area contributed by atoms with Crippen molar-refractivity contribution in [1.29, 1.82) is 0 Å². The highest BCUT2D eigenvalue weighted by atomic mass is 16.6. The molecule has 19 heavy (non-hydrogen) atoms. The number of likely N-dealkylation sites (N-methyl/N-ethyl adjacent to an activating group) is 1. The van der Waals surface area contributed by atoms with E-state index < -0.39 is 4.92 Å². The van der Waals surface area contributed by atoms with E-state index in [-0.39, 0.29) is 18.1 Å². The van der Waals surface area contributed by atoms with Crippen LogP contribution < -0.4 is 5.32 Å². The van der Waals surface area contributed by atoms with Crippen LogP contribution in [0, 0.1) is 10.1 Å². The third-order valence-electron chi connectivity index (χ3n) is 2.62. The number of nitrogens with one attached hydrogen (secondary N) is 1. The Kier molecular flexibility index (Phi) is 3.56. The van der Waals surface area contributed by atoms with Gasteiger partial charge < -0.3 is 9.88 Å². The average Bonchev–Trinajstić information content (AvgIpc) is 2.86. The summed E-state index contributed by atoms with van der Waals surface area (Å²) < 4.78 is 1.64. The summed E-state index contributed by atoms with van der Waals surface area (Å²) >= 11 is 0. The van der Waals surface area contributed by atoms with Crippen LogP contribution in [0.1, 0.15) is 0 Å². The van der Waals surface area contributed by atoms with E-state index in [4.69, 9.17) is 0 Å². The van der Waals surface area contributed by atoms with Crippen LogP contribution in [-0.4, -0.2) is 27.4 Å². The number of nitro groups is 1. The van der Waals surface area contributed by atoms with Crippen molar-refractivity contribution < 1.29 is 9.72 Å². The van der Waals surface area contributed by atoms with Gasteiger partial charge in [-0.15, -0.1) is 0 Å². The molecule has 0 atom stereocenters. The third-order valence-corrected chi connectivity index (χ3v) is 2.62. The lowest BCUT2D eigenvalue weighted by molar-refractivity contribution is -0.384. The Hall–Kier alpha value is -2.70. The molecule has 0 fully saturated rings. The number of non-ortho nitro benzene ring substituents is 1. The minimum absolute atomic E-state index is 0.00741. The van der Waals surface area contributed by atoms with Gasteiger partial charge in [0.05, 0.1) is 4.92 Å². The molecule has 1 aromatic carbocycles. The zero-order valence-electron chi connectivity index (χ0n) is 10.2. The molecular formula is C12H12N4O3. The molecule has 1 N–H and O–H groups in total. The van der Waals surface area contributed by atoms with E-state index in [1.807, 2.05) is 0 Å². The van der Waals surface area contributed by atoms with Crippen molar-refractivity contribution in [1.82, 2.24) is 14.9 Å². The quantitative estimate of drug-likeness (QED) is 0.660. The summed E-state index contributed by atoms with van der Waals surface area (Å²) in [6, 6.07) is 6.15. The third kappa shape index (κ3) is 2.76. The Labute approximate surface area is 109 Å². The van der Waals surface area contributed by atoms with E-state index in [1.54, 1.807) is 36.1 Å². The summed E-state index contributed by atoms with van der Waals surface area (Å²) in [7, 11) is 1.55. The van der Waals surface area contributed by atoms with Crippen LogP contribution in [0.5, 0.6) is 0 Å². The van der Waals surface area contributed by atoms with Crippen LogP contribution in [0.3, 0.4) is 0 Å². The number of nitro benzene ring substituents is 1. The molecule has 7 heteroatoms. The molecule has 0 saturated carbocycles. The first kappa shape index (κ1) is 12.7. The molecule has 2 aromatic rings. The number of imidazole rings is 1. The van der Waals surface area contributed by atoms with E-state index in [0.717, 1.165) is 0 Å². The topological polar surface area (TPSA) is 90.1 Å². The normalized spacial score (nSPS) is 10.2. The average molecular weight is 260 g/mol. The first-order valence-corrected chi connectivity index (χ1v) is 5.58. The summed E-state index contributed by atoms with van der Waals surface area (Å²) in [5.74, 6) is 0.358.